The summed E-state index contributed by atoms with van der Waals surface area (Å²) in [4.78, 5) is 3.83. The van der Waals surface area contributed by atoms with Crippen molar-refractivity contribution in [2.45, 2.75) is 11.8 Å². The molecule has 3 nitrogen and oxygen atoms in total. The van der Waals surface area contributed by atoms with Crippen molar-refractivity contribution in [1.29, 1.82) is 0 Å². The molecule has 0 aliphatic rings. The highest BCUT2D eigenvalue weighted by molar-refractivity contribution is 7.98. The number of nitrogens with zero attached hydrogens (tertiary/aromatic N) is 1. The molecule has 0 saturated heterocycles. The van der Waals surface area contributed by atoms with Gasteiger partial charge in [0.1, 0.15) is 4.99 Å². The number of nitrogens with one attached hydrogen (secondary N) is 1. The van der Waals surface area contributed by atoms with Crippen LogP contribution in [0.2, 0.25) is 0 Å². The minimum absolute atomic E-state index is 0.450. The fourth-order valence-electron chi connectivity index (χ4n) is 1.64. The van der Waals surface area contributed by atoms with Crippen LogP contribution in [0, 0.1) is 0 Å². The largest absolute Gasteiger partial charge is 0.389 e. The molecule has 0 radical (unpaired) electrons. The summed E-state index contributed by atoms with van der Waals surface area (Å²) in [6, 6.07) is 6.10. The molecule has 0 heterocycles. The first-order valence-corrected chi connectivity index (χ1v) is 7.62. The van der Waals surface area contributed by atoms with Gasteiger partial charge >= 0.3 is 0 Å². The number of benzene rings is 1. The van der Waals surface area contributed by atoms with Gasteiger partial charge in [0, 0.05) is 29.2 Å². The first-order chi connectivity index (χ1) is 8.60. The smallest absolute Gasteiger partial charge is 0.107 e. The Morgan fingerprint density at radius 2 is 2.22 bits per heavy atom. The lowest BCUT2D eigenvalue weighted by Gasteiger charge is -2.17. The van der Waals surface area contributed by atoms with E-state index < -0.39 is 0 Å². The van der Waals surface area contributed by atoms with Crippen LogP contribution in [0.3, 0.4) is 0 Å². The van der Waals surface area contributed by atoms with Gasteiger partial charge < -0.3 is 16.0 Å². The highest BCUT2D eigenvalue weighted by atomic mass is 32.2. The molecule has 1 aromatic carbocycles. The third-order valence-electron chi connectivity index (χ3n) is 2.84. The molecule has 3 N–H and O–H groups in total. The van der Waals surface area contributed by atoms with Gasteiger partial charge in [-0.05, 0) is 32.0 Å². The molecule has 0 atom stereocenters. The van der Waals surface area contributed by atoms with Crippen molar-refractivity contribution in [3.8, 4) is 0 Å². The Labute approximate surface area is 119 Å². The number of hydrogen-bond acceptors (Lipinski definition) is 4. The average molecular weight is 283 g/mol. The molecule has 0 spiro atoms. The molecule has 1 rings (SSSR count). The van der Waals surface area contributed by atoms with Crippen LogP contribution in [0.25, 0.3) is 0 Å². The van der Waals surface area contributed by atoms with E-state index in [-0.39, 0.29) is 0 Å². The summed E-state index contributed by atoms with van der Waals surface area (Å²) in [6.07, 6.45) is 2.03. The summed E-state index contributed by atoms with van der Waals surface area (Å²) in [6.45, 7) is 5.08. The Balaban J connectivity index is 2.78. The predicted molar refractivity (Wildman–Crippen MR) is 85.8 cm³/mol. The van der Waals surface area contributed by atoms with Crippen LogP contribution < -0.4 is 11.1 Å². The summed E-state index contributed by atoms with van der Waals surface area (Å²) in [5.41, 5.74) is 7.80. The predicted octanol–water partition coefficient (Wildman–Crippen LogP) is 2.41. The molecule has 0 amide bonds. The van der Waals surface area contributed by atoms with Crippen LogP contribution in [0.1, 0.15) is 12.5 Å². The van der Waals surface area contributed by atoms with Gasteiger partial charge in [0.15, 0.2) is 0 Å². The lowest BCUT2D eigenvalue weighted by Crippen LogP contribution is -2.25. The van der Waals surface area contributed by atoms with Gasteiger partial charge in [-0.1, -0.05) is 25.2 Å². The average Bonchev–Trinajstić information content (AvgIpc) is 2.37. The van der Waals surface area contributed by atoms with E-state index >= 15 is 0 Å². The molecular formula is C13H21N3S2. The first kappa shape index (κ1) is 15.3. The Hall–Kier alpha value is -0.780. The number of thiocarbonyl (C=S) groups is 1. The maximum atomic E-state index is 5.82. The number of hydrogen-bond donors (Lipinski definition) is 2. The van der Waals surface area contributed by atoms with Gasteiger partial charge in [0.25, 0.3) is 0 Å². The molecule has 0 saturated carbocycles. The van der Waals surface area contributed by atoms with Crippen molar-refractivity contribution < 1.29 is 0 Å². The zero-order chi connectivity index (χ0) is 13.5. The zero-order valence-corrected chi connectivity index (χ0v) is 12.8. The third-order valence-corrected chi connectivity index (χ3v) is 3.83. The van der Waals surface area contributed by atoms with E-state index in [1.807, 2.05) is 24.5 Å². The first-order valence-electron chi connectivity index (χ1n) is 5.99. The molecule has 100 valence electrons. The van der Waals surface area contributed by atoms with Gasteiger partial charge in [-0.15, -0.1) is 11.8 Å². The van der Waals surface area contributed by atoms with Gasteiger partial charge in [-0.25, -0.2) is 0 Å². The van der Waals surface area contributed by atoms with Gasteiger partial charge in [-0.2, -0.15) is 0 Å². The fraction of sp³-hybridized carbons (Fsp3) is 0.462. The maximum Gasteiger partial charge on any atom is 0.107 e. The second-order valence-corrected chi connectivity index (χ2v) is 5.36. The summed E-state index contributed by atoms with van der Waals surface area (Å²) >= 11 is 6.81. The number of rotatable bonds is 7. The monoisotopic (exact) mass is 283 g/mol. The minimum Gasteiger partial charge on any atom is -0.389 e. The summed E-state index contributed by atoms with van der Waals surface area (Å²) in [5, 5.41) is 3.41. The molecule has 0 aliphatic carbocycles. The van der Waals surface area contributed by atoms with Crippen LogP contribution >= 0.6 is 24.0 Å². The molecule has 5 heteroatoms. The maximum absolute atomic E-state index is 5.82. The van der Waals surface area contributed by atoms with Gasteiger partial charge in [0.05, 0.1) is 0 Å². The van der Waals surface area contributed by atoms with Gasteiger partial charge in [-0.3, -0.25) is 0 Å². The van der Waals surface area contributed by atoms with E-state index in [1.165, 1.54) is 0 Å². The standard InChI is InChI=1S/C13H21N3S2/c1-4-16(2)9-8-15-10-6-5-7-11(18-3)12(10)13(14)17/h5-7,15H,4,8-9H2,1-3H3,(H2,14,17). The molecular weight excluding hydrogens is 262 g/mol. The quantitative estimate of drug-likeness (QED) is 0.594. The molecule has 1 aromatic rings. The Morgan fingerprint density at radius 1 is 1.50 bits per heavy atom. The second kappa shape index (κ2) is 7.61. The van der Waals surface area contributed by atoms with Crippen molar-refractivity contribution in [3.63, 3.8) is 0 Å². The van der Waals surface area contributed by atoms with Crippen molar-refractivity contribution >= 4 is 34.7 Å². The number of nitrogens with two attached hydrogens (primary N) is 1. The fourth-order valence-corrected chi connectivity index (χ4v) is 2.57. The van der Waals surface area contributed by atoms with E-state index in [1.54, 1.807) is 11.8 Å². The highest BCUT2D eigenvalue weighted by Gasteiger charge is 2.10. The van der Waals surface area contributed by atoms with Crippen LogP contribution in [0.5, 0.6) is 0 Å². The van der Waals surface area contributed by atoms with Crippen molar-refractivity contribution in [2.75, 3.05) is 38.3 Å². The van der Waals surface area contributed by atoms with E-state index in [2.05, 4.69) is 24.2 Å². The van der Waals surface area contributed by atoms with Crippen LogP contribution in [-0.2, 0) is 0 Å². The molecule has 0 unspecified atom stereocenters. The van der Waals surface area contributed by atoms with Crippen molar-refractivity contribution in [1.82, 2.24) is 4.90 Å². The lowest BCUT2D eigenvalue weighted by molar-refractivity contribution is 0.367. The van der Waals surface area contributed by atoms with Gasteiger partial charge in [0.2, 0.25) is 0 Å². The van der Waals surface area contributed by atoms with Crippen molar-refractivity contribution in [3.05, 3.63) is 23.8 Å². The van der Waals surface area contributed by atoms with E-state index in [4.69, 9.17) is 18.0 Å². The van der Waals surface area contributed by atoms with Crippen LogP contribution in [0.4, 0.5) is 5.69 Å². The molecule has 0 fully saturated rings. The number of anilines is 1. The molecule has 0 aliphatic heterocycles. The zero-order valence-electron chi connectivity index (χ0n) is 11.2. The summed E-state index contributed by atoms with van der Waals surface area (Å²) < 4.78 is 0. The molecule has 0 bridgehead atoms. The Kier molecular flexibility index (Phi) is 6.46. The molecule has 18 heavy (non-hydrogen) atoms. The second-order valence-electron chi connectivity index (χ2n) is 4.07. The Bertz CT molecular complexity index is 407. The number of likely N-dealkylation sites (N-methyl/N-ethyl adjacent to an activating group) is 1. The Morgan fingerprint density at radius 3 is 2.78 bits per heavy atom. The van der Waals surface area contributed by atoms with Crippen molar-refractivity contribution in [2.24, 2.45) is 5.73 Å². The normalized spacial score (nSPS) is 10.7. The third kappa shape index (κ3) is 4.15. The van der Waals surface area contributed by atoms with E-state index in [9.17, 15) is 0 Å². The lowest BCUT2D eigenvalue weighted by atomic mass is 10.1. The van der Waals surface area contributed by atoms with Crippen LogP contribution in [0.15, 0.2) is 23.1 Å². The summed E-state index contributed by atoms with van der Waals surface area (Å²) in [7, 11) is 2.11. The van der Waals surface area contributed by atoms with E-state index in [0.717, 1.165) is 35.8 Å². The number of thioether (sulfide) groups is 1. The minimum atomic E-state index is 0.450. The SMILES string of the molecule is CCN(C)CCNc1cccc(SC)c1C(N)=S. The van der Waals surface area contributed by atoms with E-state index in [0.29, 0.717) is 4.99 Å². The topological polar surface area (TPSA) is 41.3 Å². The highest BCUT2D eigenvalue weighted by Crippen LogP contribution is 2.26. The molecule has 0 aromatic heterocycles. The summed E-state index contributed by atoms with van der Waals surface area (Å²) in [5.74, 6) is 0. The van der Waals surface area contributed by atoms with Crippen LogP contribution in [-0.4, -0.2) is 42.8 Å².